The predicted molar refractivity (Wildman–Crippen MR) is 229 cm³/mol. The Balaban J connectivity index is 0.000000677. The fourth-order valence-corrected chi connectivity index (χ4v) is 8.98. The van der Waals surface area contributed by atoms with Gasteiger partial charge in [-0.1, -0.05) is 74.9 Å². The third-order valence-corrected chi connectivity index (χ3v) is 12.3. The fourth-order valence-electron chi connectivity index (χ4n) is 7.03. The first-order valence-electron chi connectivity index (χ1n) is 20.4. The number of amides is 3. The first kappa shape index (κ1) is 43.7. The Morgan fingerprint density at radius 2 is 1.80 bits per heavy atom. The molecule has 1 aliphatic carbocycles. The fraction of sp³-hybridized carbons (Fsp3) is 0.595. The van der Waals surface area contributed by atoms with Crippen molar-refractivity contribution in [3.05, 3.63) is 52.0 Å². The number of hydrogen-bond donors (Lipinski definition) is 5. The van der Waals surface area contributed by atoms with Crippen molar-refractivity contribution in [1.82, 2.24) is 26.1 Å². The monoisotopic (exact) mass is 856 g/mol. The van der Waals surface area contributed by atoms with Crippen LogP contribution in [0.15, 0.2) is 40.9 Å². The Morgan fingerprint density at radius 1 is 1.00 bits per heavy atom. The summed E-state index contributed by atoms with van der Waals surface area (Å²) in [7, 11) is 0. The molecule has 3 aromatic rings. The van der Waals surface area contributed by atoms with Crippen LogP contribution in [0.3, 0.4) is 0 Å². The summed E-state index contributed by atoms with van der Waals surface area (Å²) in [6.07, 6.45) is 9.60. The van der Waals surface area contributed by atoms with Gasteiger partial charge in [0.15, 0.2) is 17.3 Å². The van der Waals surface area contributed by atoms with Gasteiger partial charge in [0.25, 0.3) is 0 Å². The van der Waals surface area contributed by atoms with Gasteiger partial charge in [0, 0.05) is 51.7 Å². The van der Waals surface area contributed by atoms with Crippen molar-refractivity contribution < 1.29 is 28.5 Å². The van der Waals surface area contributed by atoms with Crippen molar-refractivity contribution in [2.75, 3.05) is 57.3 Å². The largest absolute Gasteiger partial charge is 0.490 e. The number of aromatic amines is 1. The van der Waals surface area contributed by atoms with Gasteiger partial charge in [-0.2, -0.15) is 16.9 Å². The van der Waals surface area contributed by atoms with Crippen LogP contribution in [0.4, 0.5) is 16.3 Å². The number of fused-ring (bicyclic) bond motifs is 4. The SMILES string of the molecule is CCCCC(C)CC.CCOc1cc2c(cc1OCCOCCOCCNC(=O)CCCCC1SCC3NC(=O)NC31)-c1[nH]nc(Nc3cccc(Br)c3)c1C2. The molecule has 1 aromatic heterocycles. The van der Waals surface area contributed by atoms with Crippen molar-refractivity contribution in [3.8, 4) is 22.8 Å². The first-order valence-corrected chi connectivity index (χ1v) is 22.3. The highest BCUT2D eigenvalue weighted by Crippen LogP contribution is 2.44. The van der Waals surface area contributed by atoms with E-state index in [1.165, 1.54) is 25.7 Å². The van der Waals surface area contributed by atoms with Gasteiger partial charge < -0.3 is 40.2 Å². The summed E-state index contributed by atoms with van der Waals surface area (Å²) >= 11 is 5.43. The molecule has 5 N–H and O–H groups in total. The van der Waals surface area contributed by atoms with Crippen LogP contribution in [0, 0.1) is 5.92 Å². The highest BCUT2D eigenvalue weighted by molar-refractivity contribution is 9.10. The molecule has 12 nitrogen and oxygen atoms in total. The van der Waals surface area contributed by atoms with Gasteiger partial charge in [-0.15, -0.1) is 0 Å². The van der Waals surface area contributed by atoms with Crippen LogP contribution in [0.25, 0.3) is 11.3 Å². The number of benzene rings is 2. The molecule has 3 heterocycles. The number of aromatic nitrogens is 2. The predicted octanol–water partition coefficient (Wildman–Crippen LogP) is 8.36. The number of anilines is 2. The van der Waals surface area contributed by atoms with Gasteiger partial charge in [-0.05, 0) is 61.6 Å². The molecule has 56 heavy (non-hydrogen) atoms. The number of H-pyrrole nitrogens is 1. The molecule has 0 bridgehead atoms. The van der Waals surface area contributed by atoms with Crippen LogP contribution in [0.1, 0.15) is 90.2 Å². The van der Waals surface area contributed by atoms with Crippen LogP contribution in [-0.2, 0) is 20.7 Å². The lowest BCUT2D eigenvalue weighted by atomic mass is 10.0. The maximum absolute atomic E-state index is 12.2. The molecule has 0 spiro atoms. The molecule has 3 aliphatic rings. The number of urea groups is 1. The summed E-state index contributed by atoms with van der Waals surface area (Å²) in [5.74, 6) is 4.14. The van der Waals surface area contributed by atoms with E-state index in [4.69, 9.17) is 18.9 Å². The van der Waals surface area contributed by atoms with E-state index in [1.807, 2.05) is 49.0 Å². The molecule has 4 atom stereocenters. The summed E-state index contributed by atoms with van der Waals surface area (Å²) in [6.45, 7) is 11.9. The molecule has 3 amide bonds. The molecule has 6 rings (SSSR count). The Labute approximate surface area is 345 Å². The second-order valence-electron chi connectivity index (χ2n) is 14.6. The average molecular weight is 858 g/mol. The number of ether oxygens (including phenoxy) is 4. The normalized spacial score (nSPS) is 18.2. The van der Waals surface area contributed by atoms with Crippen molar-refractivity contribution in [2.24, 2.45) is 5.92 Å². The van der Waals surface area contributed by atoms with E-state index in [9.17, 15) is 9.59 Å². The zero-order chi connectivity index (χ0) is 39.7. The molecule has 4 unspecified atom stereocenters. The Morgan fingerprint density at radius 3 is 2.59 bits per heavy atom. The van der Waals surface area contributed by atoms with Crippen LogP contribution in [0.5, 0.6) is 11.5 Å². The molecule has 2 aliphatic heterocycles. The molecule has 2 fully saturated rings. The number of nitrogens with one attached hydrogen (secondary N) is 5. The molecule has 14 heteroatoms. The van der Waals surface area contributed by atoms with Gasteiger partial charge in [0.1, 0.15) is 6.61 Å². The third-order valence-electron chi connectivity index (χ3n) is 10.3. The number of carbonyl (C=O) groups excluding carboxylic acids is 2. The smallest absolute Gasteiger partial charge is 0.315 e. The highest BCUT2D eigenvalue weighted by Gasteiger charge is 2.42. The summed E-state index contributed by atoms with van der Waals surface area (Å²) in [5, 5.41) is 20.5. The van der Waals surface area contributed by atoms with E-state index in [0.717, 1.165) is 75.7 Å². The number of halogens is 1. The third kappa shape index (κ3) is 13.0. The maximum atomic E-state index is 12.2. The Hall–Kier alpha value is -3.46. The van der Waals surface area contributed by atoms with E-state index in [2.05, 4.69) is 74.2 Å². The van der Waals surface area contributed by atoms with Crippen molar-refractivity contribution >= 4 is 51.1 Å². The number of carbonyl (C=O) groups is 2. The second-order valence-corrected chi connectivity index (χ2v) is 16.8. The van der Waals surface area contributed by atoms with E-state index in [0.29, 0.717) is 69.4 Å². The molecule has 2 aromatic carbocycles. The minimum atomic E-state index is -0.0598. The van der Waals surface area contributed by atoms with Gasteiger partial charge in [0.05, 0.1) is 50.8 Å². The standard InChI is InChI=1S/C34H43BrN6O6S.C8H18/c1-2-46-27-17-21-16-25-31(40-41-33(25)37-23-7-5-6-22(35)18-23)24(21)19-28(27)47-15-14-45-13-12-44-11-10-36-30(42)9-4-3-8-29-32-26(20-48-29)38-34(43)39-32;1-4-6-7-8(3)5-2/h5-7,17-19,26,29,32H,2-4,8-16,20H2,1H3,(H,36,42)(H2,37,40,41)(H2,38,39,43);8H,4-7H2,1-3H3. The van der Waals surface area contributed by atoms with Crippen LogP contribution in [0.2, 0.25) is 0 Å². The van der Waals surface area contributed by atoms with Gasteiger partial charge >= 0.3 is 6.03 Å². The number of unbranched alkanes of at least 4 members (excludes halogenated alkanes) is 2. The molecule has 0 radical (unpaired) electrons. The highest BCUT2D eigenvalue weighted by atomic mass is 79.9. The number of rotatable bonds is 23. The van der Waals surface area contributed by atoms with E-state index < -0.39 is 0 Å². The van der Waals surface area contributed by atoms with Crippen molar-refractivity contribution in [1.29, 1.82) is 0 Å². The lowest BCUT2D eigenvalue weighted by Crippen LogP contribution is -2.36. The number of thioether (sulfide) groups is 1. The number of nitrogens with zero attached hydrogens (tertiary/aromatic N) is 1. The summed E-state index contributed by atoms with van der Waals surface area (Å²) in [5.41, 5.74) is 5.27. The van der Waals surface area contributed by atoms with Gasteiger partial charge in [-0.25, -0.2) is 4.79 Å². The van der Waals surface area contributed by atoms with Crippen molar-refractivity contribution in [3.63, 3.8) is 0 Å². The number of hydrogen-bond acceptors (Lipinski definition) is 9. The quantitative estimate of drug-likeness (QED) is 0.0367. The zero-order valence-electron chi connectivity index (χ0n) is 33.5. The summed E-state index contributed by atoms with van der Waals surface area (Å²) in [6, 6.07) is 12.5. The topological polar surface area (TPSA) is 148 Å². The average Bonchev–Trinajstić information content (AvgIpc) is 3.95. The second kappa shape index (κ2) is 23.1. The summed E-state index contributed by atoms with van der Waals surface area (Å²) < 4.78 is 24.3. The van der Waals surface area contributed by atoms with E-state index in [-0.39, 0.29) is 24.0 Å². The molecular formula is C42H61BrN6O6S. The van der Waals surface area contributed by atoms with Gasteiger partial charge in [0.2, 0.25) is 5.91 Å². The van der Waals surface area contributed by atoms with Crippen molar-refractivity contribution in [2.45, 2.75) is 103 Å². The first-order chi connectivity index (χ1) is 27.3. The lowest BCUT2D eigenvalue weighted by molar-refractivity contribution is -0.121. The van der Waals surface area contributed by atoms with Crippen LogP contribution < -0.4 is 30.7 Å². The van der Waals surface area contributed by atoms with Crippen LogP contribution in [-0.4, -0.2) is 91.4 Å². The van der Waals surface area contributed by atoms with E-state index in [1.54, 1.807) is 0 Å². The molecule has 0 saturated carbocycles. The lowest BCUT2D eigenvalue weighted by Gasteiger charge is -2.16. The molecule has 308 valence electrons. The maximum Gasteiger partial charge on any atom is 0.315 e. The van der Waals surface area contributed by atoms with E-state index >= 15 is 0 Å². The minimum Gasteiger partial charge on any atom is -0.490 e. The molecule has 2 saturated heterocycles. The summed E-state index contributed by atoms with van der Waals surface area (Å²) in [4.78, 5) is 23.7. The minimum absolute atomic E-state index is 0.0409. The molecular weight excluding hydrogens is 796 g/mol. The zero-order valence-corrected chi connectivity index (χ0v) is 35.9. The Bertz CT molecular complexity index is 1690. The Kier molecular flexibility index (Phi) is 18.0. The van der Waals surface area contributed by atoms with Gasteiger partial charge in [-0.3, -0.25) is 9.89 Å². The van der Waals surface area contributed by atoms with Crippen LogP contribution >= 0.6 is 27.7 Å².